The fourth-order valence-corrected chi connectivity index (χ4v) is 3.41. The van der Waals surface area contributed by atoms with E-state index in [-0.39, 0.29) is 11.9 Å². The third kappa shape index (κ3) is 2.11. The van der Waals surface area contributed by atoms with Gasteiger partial charge in [-0.15, -0.1) is 5.10 Å². The molecule has 3 aromatic rings. The summed E-state index contributed by atoms with van der Waals surface area (Å²) in [5, 5.41) is 10.2. The number of amides is 1. The zero-order valence-electron chi connectivity index (χ0n) is 12.7. The summed E-state index contributed by atoms with van der Waals surface area (Å²) in [5.41, 5.74) is 7.99. The Morgan fingerprint density at radius 2 is 2.30 bits per heavy atom. The van der Waals surface area contributed by atoms with Crippen LogP contribution < -0.4 is 10.6 Å². The Morgan fingerprint density at radius 3 is 3.13 bits per heavy atom. The molecule has 23 heavy (non-hydrogen) atoms. The Bertz CT molecular complexity index is 889. The van der Waals surface area contributed by atoms with E-state index >= 15 is 0 Å². The molecule has 4 rings (SSSR count). The number of H-pyrrole nitrogens is 1. The highest BCUT2D eigenvalue weighted by Crippen LogP contribution is 2.35. The molecule has 0 bridgehead atoms. The Morgan fingerprint density at radius 1 is 1.43 bits per heavy atom. The molecule has 2 unspecified atom stereocenters. The normalized spacial score (nSPS) is 21.9. The van der Waals surface area contributed by atoms with Gasteiger partial charge in [0.15, 0.2) is 0 Å². The molecule has 4 heterocycles. The molecule has 3 N–H and O–H groups in total. The number of nitrogens with one attached hydrogen (secondary N) is 1. The average molecular weight is 309 g/mol. The minimum atomic E-state index is -0.437. The van der Waals surface area contributed by atoms with E-state index in [1.165, 1.54) is 0 Å². The summed E-state index contributed by atoms with van der Waals surface area (Å²) >= 11 is 0. The van der Waals surface area contributed by atoms with Crippen molar-refractivity contribution in [3.05, 3.63) is 31.1 Å². The molecule has 7 heteroatoms. The molecule has 1 aliphatic heterocycles. The predicted octanol–water partition coefficient (Wildman–Crippen LogP) is 1.55. The Kier molecular flexibility index (Phi) is 3.14. The second kappa shape index (κ2) is 5.19. The second-order valence-corrected chi connectivity index (χ2v) is 5.90. The van der Waals surface area contributed by atoms with Crippen LogP contribution in [0.15, 0.2) is 24.7 Å². The number of fused-ring (bicyclic) bond motifs is 3. The standard InChI is InChI=1S/C16H17N6O/c1-9-3-2-4-12(15(17)23)22(9)13-8-20-21-11-7-19-16-10(14(11)13)5-6-18-16/h4-9,12H,2-3H2,1H3,(H2,17,23)(H,18,19). The molecule has 0 saturated carbocycles. The summed E-state index contributed by atoms with van der Waals surface area (Å²) < 4.78 is 0. The maximum Gasteiger partial charge on any atom is 0.240 e. The van der Waals surface area contributed by atoms with Crippen molar-refractivity contribution in [2.24, 2.45) is 5.73 Å². The third-order valence-electron chi connectivity index (χ3n) is 4.49. The molecule has 3 aromatic heterocycles. The van der Waals surface area contributed by atoms with Crippen molar-refractivity contribution < 1.29 is 4.79 Å². The number of rotatable bonds is 2. The number of hydrogen-bond acceptors (Lipinski definition) is 5. The van der Waals surface area contributed by atoms with Gasteiger partial charge in [-0.3, -0.25) is 4.79 Å². The number of primary amides is 1. The van der Waals surface area contributed by atoms with E-state index in [4.69, 9.17) is 5.73 Å². The largest absolute Gasteiger partial charge is 0.368 e. The van der Waals surface area contributed by atoms with Crippen LogP contribution in [0.3, 0.4) is 0 Å². The number of nitrogens with zero attached hydrogens (tertiary/aromatic N) is 4. The van der Waals surface area contributed by atoms with Gasteiger partial charge in [0.05, 0.1) is 18.1 Å². The van der Waals surface area contributed by atoms with E-state index in [0.29, 0.717) is 5.52 Å². The Balaban J connectivity index is 1.99. The molecule has 1 fully saturated rings. The maximum atomic E-state index is 11.9. The molecule has 1 radical (unpaired) electrons. The zero-order chi connectivity index (χ0) is 16.0. The van der Waals surface area contributed by atoms with Crippen LogP contribution in [0.25, 0.3) is 21.9 Å². The number of piperidine rings is 1. The lowest BCUT2D eigenvalue weighted by Crippen LogP contribution is -2.52. The number of aromatic nitrogens is 4. The van der Waals surface area contributed by atoms with Gasteiger partial charge in [0.25, 0.3) is 0 Å². The highest BCUT2D eigenvalue weighted by molar-refractivity contribution is 6.10. The molecule has 0 aromatic carbocycles. The molecule has 1 aliphatic rings. The van der Waals surface area contributed by atoms with E-state index in [0.717, 1.165) is 34.9 Å². The molecular weight excluding hydrogens is 292 g/mol. The summed E-state index contributed by atoms with van der Waals surface area (Å²) in [5.74, 6) is -0.346. The van der Waals surface area contributed by atoms with E-state index in [2.05, 4.69) is 32.0 Å². The lowest BCUT2D eigenvalue weighted by Gasteiger charge is -2.40. The Hall–Kier alpha value is -2.70. The Labute approximate surface area is 132 Å². The summed E-state index contributed by atoms with van der Waals surface area (Å²) in [7, 11) is 0. The van der Waals surface area contributed by atoms with Crippen molar-refractivity contribution >= 4 is 33.5 Å². The second-order valence-electron chi connectivity index (χ2n) is 5.90. The topological polar surface area (TPSA) is 101 Å². The molecule has 2 atom stereocenters. The van der Waals surface area contributed by atoms with E-state index in [1.807, 2.05) is 18.7 Å². The summed E-state index contributed by atoms with van der Waals surface area (Å²) in [6.07, 6.45) is 9.07. The first-order valence-corrected chi connectivity index (χ1v) is 7.65. The van der Waals surface area contributed by atoms with Gasteiger partial charge in [-0.25, -0.2) is 4.98 Å². The smallest absolute Gasteiger partial charge is 0.240 e. The van der Waals surface area contributed by atoms with E-state index < -0.39 is 6.04 Å². The fourth-order valence-electron chi connectivity index (χ4n) is 3.41. The summed E-state index contributed by atoms with van der Waals surface area (Å²) in [4.78, 5) is 21.4. The van der Waals surface area contributed by atoms with Crippen LogP contribution in [0.4, 0.5) is 5.69 Å². The van der Waals surface area contributed by atoms with Gasteiger partial charge in [0.1, 0.15) is 17.2 Å². The predicted molar refractivity (Wildman–Crippen MR) is 87.6 cm³/mol. The number of aromatic amines is 1. The van der Waals surface area contributed by atoms with Crippen LogP contribution in [0, 0.1) is 6.42 Å². The van der Waals surface area contributed by atoms with Crippen LogP contribution in [-0.2, 0) is 4.79 Å². The highest BCUT2D eigenvalue weighted by Gasteiger charge is 2.33. The minimum Gasteiger partial charge on any atom is -0.368 e. The van der Waals surface area contributed by atoms with Crippen LogP contribution in [0.2, 0.25) is 0 Å². The summed E-state index contributed by atoms with van der Waals surface area (Å²) in [6.45, 7) is 2.10. The quantitative estimate of drug-likeness (QED) is 0.748. The molecule has 117 valence electrons. The van der Waals surface area contributed by atoms with Crippen molar-refractivity contribution in [3.63, 3.8) is 0 Å². The van der Waals surface area contributed by atoms with Crippen molar-refractivity contribution in [1.29, 1.82) is 0 Å². The lowest BCUT2D eigenvalue weighted by molar-refractivity contribution is -0.119. The van der Waals surface area contributed by atoms with Crippen molar-refractivity contribution in [2.45, 2.75) is 31.8 Å². The zero-order valence-corrected chi connectivity index (χ0v) is 12.7. The first kappa shape index (κ1) is 13.9. The molecular formula is C16H17N6O. The molecule has 0 spiro atoms. The maximum absolute atomic E-state index is 11.9. The SMILES string of the molecule is CC1CC[CH]C(C(N)=O)N1c1cnnc2cnc3[nH]ccc3c12. The van der Waals surface area contributed by atoms with Gasteiger partial charge in [0.2, 0.25) is 5.91 Å². The first-order valence-electron chi connectivity index (χ1n) is 7.65. The van der Waals surface area contributed by atoms with Gasteiger partial charge in [-0.1, -0.05) is 0 Å². The number of carbonyl (C=O) groups excluding carboxylic acids is 1. The van der Waals surface area contributed by atoms with E-state index in [1.54, 1.807) is 12.4 Å². The van der Waals surface area contributed by atoms with Crippen molar-refractivity contribution in [2.75, 3.05) is 4.90 Å². The first-order chi connectivity index (χ1) is 11.2. The molecule has 1 saturated heterocycles. The minimum absolute atomic E-state index is 0.187. The number of nitrogens with two attached hydrogens (primary N) is 1. The number of pyridine rings is 1. The van der Waals surface area contributed by atoms with Crippen LogP contribution in [0.5, 0.6) is 0 Å². The van der Waals surface area contributed by atoms with Gasteiger partial charge < -0.3 is 15.6 Å². The molecule has 0 aliphatic carbocycles. The monoisotopic (exact) mass is 309 g/mol. The number of carbonyl (C=O) groups is 1. The van der Waals surface area contributed by atoms with Crippen molar-refractivity contribution in [3.8, 4) is 0 Å². The van der Waals surface area contributed by atoms with Crippen LogP contribution in [0.1, 0.15) is 19.8 Å². The van der Waals surface area contributed by atoms with Crippen molar-refractivity contribution in [1.82, 2.24) is 20.2 Å². The fraction of sp³-hybridized carbons (Fsp3) is 0.312. The van der Waals surface area contributed by atoms with Gasteiger partial charge in [-0.05, 0) is 32.3 Å². The number of hydrogen-bond donors (Lipinski definition) is 2. The van der Waals surface area contributed by atoms with Gasteiger partial charge in [-0.2, -0.15) is 5.10 Å². The summed E-state index contributed by atoms with van der Waals surface area (Å²) in [6, 6.07) is 1.72. The van der Waals surface area contributed by atoms with Gasteiger partial charge in [0, 0.05) is 23.0 Å². The average Bonchev–Trinajstić information content (AvgIpc) is 3.02. The van der Waals surface area contributed by atoms with Crippen LogP contribution >= 0.6 is 0 Å². The number of anilines is 1. The van der Waals surface area contributed by atoms with E-state index in [9.17, 15) is 4.79 Å². The molecule has 7 nitrogen and oxygen atoms in total. The lowest BCUT2D eigenvalue weighted by atomic mass is 9.94. The highest BCUT2D eigenvalue weighted by atomic mass is 16.1. The van der Waals surface area contributed by atoms with Gasteiger partial charge >= 0.3 is 0 Å². The molecule has 1 amide bonds. The third-order valence-corrected chi connectivity index (χ3v) is 4.49. The van der Waals surface area contributed by atoms with Crippen LogP contribution in [-0.4, -0.2) is 38.2 Å².